The monoisotopic (exact) mass is 347 g/mol. The number of pyridine rings is 1. The first-order valence-electron chi connectivity index (χ1n) is 6.87. The molecule has 0 atom stereocenters. The van der Waals surface area contributed by atoms with Gasteiger partial charge in [0.15, 0.2) is 11.6 Å². The van der Waals surface area contributed by atoms with Crippen LogP contribution in [0.15, 0.2) is 12.3 Å². The van der Waals surface area contributed by atoms with E-state index in [4.69, 9.17) is 0 Å². The first-order chi connectivity index (χ1) is 10.8. The Morgan fingerprint density at radius 1 is 1.13 bits per heavy atom. The Labute approximate surface area is 133 Å². The molecule has 5 nitrogen and oxygen atoms in total. The van der Waals surface area contributed by atoms with Gasteiger partial charge >= 0.3 is 6.18 Å². The Balaban J connectivity index is 1.70. The van der Waals surface area contributed by atoms with Crippen LogP contribution in [0.4, 0.5) is 28.5 Å². The molecular formula is C13H13F4N5S. The molecule has 124 valence electrons. The number of piperazine rings is 1. The number of hydrogen-bond acceptors (Lipinski definition) is 6. The van der Waals surface area contributed by atoms with E-state index in [1.807, 2.05) is 4.90 Å². The Morgan fingerprint density at radius 2 is 1.78 bits per heavy atom. The maximum Gasteiger partial charge on any atom is 0.417 e. The Morgan fingerprint density at radius 3 is 2.30 bits per heavy atom. The van der Waals surface area contributed by atoms with Crippen LogP contribution in [-0.2, 0) is 6.18 Å². The fourth-order valence-electron chi connectivity index (χ4n) is 2.34. The van der Waals surface area contributed by atoms with Crippen LogP contribution in [0.3, 0.4) is 0 Å². The lowest BCUT2D eigenvalue weighted by atomic mass is 10.2. The minimum atomic E-state index is -4.60. The third-order valence-corrected chi connectivity index (χ3v) is 4.38. The summed E-state index contributed by atoms with van der Waals surface area (Å²) in [4.78, 5) is 11.6. The Hall–Kier alpha value is -1.97. The molecule has 0 saturated carbocycles. The van der Waals surface area contributed by atoms with Crippen LogP contribution >= 0.6 is 11.5 Å². The topological polar surface area (TPSA) is 45.2 Å². The minimum Gasteiger partial charge on any atom is -0.351 e. The number of aryl methyl sites for hydroxylation is 1. The van der Waals surface area contributed by atoms with Crippen molar-refractivity contribution in [3.05, 3.63) is 29.5 Å². The van der Waals surface area contributed by atoms with Crippen molar-refractivity contribution in [2.45, 2.75) is 13.1 Å². The van der Waals surface area contributed by atoms with Crippen molar-refractivity contribution in [2.75, 3.05) is 36.0 Å². The first-order valence-corrected chi connectivity index (χ1v) is 7.65. The maximum atomic E-state index is 14.0. The van der Waals surface area contributed by atoms with Crippen LogP contribution in [0.2, 0.25) is 0 Å². The van der Waals surface area contributed by atoms with E-state index in [9.17, 15) is 17.6 Å². The van der Waals surface area contributed by atoms with Gasteiger partial charge in [0.25, 0.3) is 0 Å². The molecular weight excluding hydrogens is 334 g/mol. The van der Waals surface area contributed by atoms with E-state index in [1.54, 1.807) is 11.8 Å². The van der Waals surface area contributed by atoms with E-state index in [-0.39, 0.29) is 5.82 Å². The molecule has 10 heteroatoms. The smallest absolute Gasteiger partial charge is 0.351 e. The van der Waals surface area contributed by atoms with Crippen molar-refractivity contribution >= 4 is 22.5 Å². The van der Waals surface area contributed by atoms with E-state index >= 15 is 0 Å². The molecule has 2 aromatic heterocycles. The second-order valence-electron chi connectivity index (χ2n) is 5.13. The lowest BCUT2D eigenvalue weighted by Crippen LogP contribution is -2.47. The van der Waals surface area contributed by atoms with Crippen LogP contribution in [0.5, 0.6) is 0 Å². The summed E-state index contributed by atoms with van der Waals surface area (Å²) in [5.41, 5.74) is -1.08. The average molecular weight is 347 g/mol. The second kappa shape index (κ2) is 5.91. The van der Waals surface area contributed by atoms with Gasteiger partial charge < -0.3 is 9.80 Å². The highest BCUT2D eigenvalue weighted by Gasteiger charge is 2.32. The minimum absolute atomic E-state index is 0.0499. The van der Waals surface area contributed by atoms with Gasteiger partial charge in [-0.25, -0.2) is 14.4 Å². The fourth-order valence-corrected chi connectivity index (χ4v) is 3.07. The molecule has 23 heavy (non-hydrogen) atoms. The van der Waals surface area contributed by atoms with Gasteiger partial charge in [-0.15, -0.1) is 0 Å². The van der Waals surface area contributed by atoms with Crippen LogP contribution in [0.1, 0.15) is 11.4 Å². The molecule has 1 fully saturated rings. The summed E-state index contributed by atoms with van der Waals surface area (Å²) in [5.74, 6) is -0.311. The zero-order chi connectivity index (χ0) is 16.6. The Kier molecular flexibility index (Phi) is 4.09. The zero-order valence-corrected chi connectivity index (χ0v) is 13.0. The largest absolute Gasteiger partial charge is 0.417 e. The number of nitrogens with zero attached hydrogens (tertiary/aromatic N) is 5. The Bertz CT molecular complexity index is 694. The normalized spacial score (nSPS) is 16.0. The highest BCUT2D eigenvalue weighted by atomic mass is 32.1. The predicted molar refractivity (Wildman–Crippen MR) is 78.3 cm³/mol. The van der Waals surface area contributed by atoms with Crippen molar-refractivity contribution in [3.63, 3.8) is 0 Å². The van der Waals surface area contributed by atoms with E-state index in [1.165, 1.54) is 11.5 Å². The fraction of sp³-hybridized carbons (Fsp3) is 0.462. The van der Waals surface area contributed by atoms with Crippen LogP contribution in [0, 0.1) is 12.7 Å². The summed E-state index contributed by atoms with van der Waals surface area (Å²) in [6.07, 6.45) is -3.93. The third-order valence-electron chi connectivity index (χ3n) is 3.52. The van der Waals surface area contributed by atoms with Crippen LogP contribution in [-0.4, -0.2) is 40.5 Å². The lowest BCUT2D eigenvalue weighted by molar-refractivity contribution is -0.138. The molecule has 0 radical (unpaired) electrons. The number of rotatable bonds is 2. The van der Waals surface area contributed by atoms with Crippen molar-refractivity contribution < 1.29 is 17.6 Å². The highest BCUT2D eigenvalue weighted by Crippen LogP contribution is 2.31. The molecule has 0 amide bonds. The van der Waals surface area contributed by atoms with Crippen molar-refractivity contribution in [3.8, 4) is 0 Å². The summed E-state index contributed by atoms with van der Waals surface area (Å²) >= 11 is 1.29. The average Bonchev–Trinajstić information content (AvgIpc) is 2.93. The predicted octanol–water partition coefficient (Wildman–Crippen LogP) is 2.73. The molecule has 0 bridgehead atoms. The molecule has 0 unspecified atom stereocenters. The number of hydrogen-bond donors (Lipinski definition) is 0. The highest BCUT2D eigenvalue weighted by molar-refractivity contribution is 7.09. The maximum absolute atomic E-state index is 14.0. The summed E-state index contributed by atoms with van der Waals surface area (Å²) < 4.78 is 55.7. The summed E-state index contributed by atoms with van der Waals surface area (Å²) in [6.45, 7) is 3.87. The standard InChI is InChI=1S/C13H13F4N5S/c1-8-19-12(23-20-8)22-4-2-21(3-5-22)11-10(14)6-9(7-18-11)13(15,16)17/h6-7H,2-5H2,1H3. The molecule has 0 aliphatic carbocycles. The number of halogens is 4. The van der Waals surface area contributed by atoms with Crippen LogP contribution < -0.4 is 9.80 Å². The zero-order valence-electron chi connectivity index (χ0n) is 12.1. The van der Waals surface area contributed by atoms with E-state index in [2.05, 4.69) is 14.3 Å². The van der Waals surface area contributed by atoms with Gasteiger partial charge in [-0.05, 0) is 13.0 Å². The second-order valence-corrected chi connectivity index (χ2v) is 5.86. The lowest BCUT2D eigenvalue weighted by Gasteiger charge is -2.35. The first kappa shape index (κ1) is 15.9. The van der Waals surface area contributed by atoms with Crippen molar-refractivity contribution in [1.29, 1.82) is 0 Å². The number of anilines is 2. The third kappa shape index (κ3) is 3.36. The van der Waals surface area contributed by atoms with E-state index in [0.717, 1.165) is 5.13 Å². The van der Waals surface area contributed by atoms with Gasteiger partial charge in [-0.2, -0.15) is 17.5 Å². The van der Waals surface area contributed by atoms with Crippen molar-refractivity contribution in [1.82, 2.24) is 14.3 Å². The van der Waals surface area contributed by atoms with Crippen LogP contribution in [0.25, 0.3) is 0 Å². The molecule has 2 aromatic rings. The molecule has 0 aromatic carbocycles. The molecule has 3 rings (SSSR count). The quantitative estimate of drug-likeness (QED) is 0.782. The SMILES string of the molecule is Cc1nsc(N2CCN(c3ncc(C(F)(F)F)cc3F)CC2)n1. The molecule has 1 saturated heterocycles. The van der Waals surface area contributed by atoms with Gasteiger partial charge in [0.05, 0.1) is 5.56 Å². The van der Waals surface area contributed by atoms with Gasteiger partial charge in [-0.1, -0.05) is 0 Å². The molecule has 1 aliphatic rings. The molecule has 3 heterocycles. The molecule has 0 N–H and O–H groups in total. The van der Waals surface area contributed by atoms with Crippen molar-refractivity contribution in [2.24, 2.45) is 0 Å². The van der Waals surface area contributed by atoms with Gasteiger partial charge in [0.2, 0.25) is 5.13 Å². The van der Waals surface area contributed by atoms with E-state index < -0.39 is 17.6 Å². The summed E-state index contributed by atoms with van der Waals surface area (Å²) in [6, 6.07) is 0.489. The number of aromatic nitrogens is 3. The number of alkyl halides is 3. The summed E-state index contributed by atoms with van der Waals surface area (Å²) in [5, 5.41) is 0.794. The van der Waals surface area contributed by atoms with Gasteiger partial charge in [-0.3, -0.25) is 0 Å². The summed E-state index contributed by atoms with van der Waals surface area (Å²) in [7, 11) is 0. The van der Waals surface area contributed by atoms with E-state index in [0.29, 0.717) is 44.3 Å². The van der Waals surface area contributed by atoms with Gasteiger partial charge in [0.1, 0.15) is 5.82 Å². The molecule has 0 spiro atoms. The molecule has 1 aliphatic heterocycles. The van der Waals surface area contributed by atoms with Gasteiger partial charge in [0, 0.05) is 43.9 Å².